The second kappa shape index (κ2) is 12.4. The predicted molar refractivity (Wildman–Crippen MR) is 104 cm³/mol. The Morgan fingerprint density at radius 1 is 0.857 bits per heavy atom. The van der Waals surface area contributed by atoms with Crippen molar-refractivity contribution in [1.82, 2.24) is 5.32 Å². The smallest absolute Gasteiger partial charge is 0.261 e. The summed E-state index contributed by atoms with van der Waals surface area (Å²) in [5.41, 5.74) is 6.86. The molecule has 0 unspecified atom stereocenters. The van der Waals surface area contributed by atoms with Gasteiger partial charge in [0.25, 0.3) is 11.8 Å². The van der Waals surface area contributed by atoms with E-state index in [4.69, 9.17) is 24.7 Å². The molecule has 0 saturated heterocycles. The van der Waals surface area contributed by atoms with Crippen LogP contribution in [0.5, 0.6) is 0 Å². The standard InChI is InChI=1S/C19H29N3O6/c1-22(16-4-2-3-15-17(16)19(24)21-18(15)23)6-8-26-10-12-28-14-13-27-11-9-25-7-5-20/h2-4H,5-14,20H2,1H3,(H,21,23,24). The summed E-state index contributed by atoms with van der Waals surface area (Å²) in [6.07, 6.45) is 0. The van der Waals surface area contributed by atoms with E-state index >= 15 is 0 Å². The molecule has 28 heavy (non-hydrogen) atoms. The molecule has 2 amide bonds. The minimum atomic E-state index is -0.357. The molecule has 9 nitrogen and oxygen atoms in total. The van der Waals surface area contributed by atoms with Gasteiger partial charge in [0, 0.05) is 20.1 Å². The fourth-order valence-electron chi connectivity index (χ4n) is 2.69. The van der Waals surface area contributed by atoms with Gasteiger partial charge in [0.15, 0.2) is 0 Å². The highest BCUT2D eigenvalue weighted by molar-refractivity contribution is 6.23. The summed E-state index contributed by atoms with van der Waals surface area (Å²) in [4.78, 5) is 25.6. The lowest BCUT2D eigenvalue weighted by atomic mass is 10.1. The number of amides is 2. The van der Waals surface area contributed by atoms with Gasteiger partial charge in [-0.2, -0.15) is 0 Å². The first kappa shape index (κ1) is 22.3. The van der Waals surface area contributed by atoms with Crippen molar-refractivity contribution >= 4 is 17.5 Å². The molecular weight excluding hydrogens is 366 g/mol. The Balaban J connectivity index is 1.53. The summed E-state index contributed by atoms with van der Waals surface area (Å²) in [5.74, 6) is -0.708. The third-order valence-corrected chi connectivity index (χ3v) is 4.10. The van der Waals surface area contributed by atoms with Crippen molar-refractivity contribution in [1.29, 1.82) is 0 Å². The van der Waals surface area contributed by atoms with E-state index in [9.17, 15) is 9.59 Å². The molecule has 3 N–H and O–H groups in total. The van der Waals surface area contributed by atoms with Crippen LogP contribution < -0.4 is 16.0 Å². The van der Waals surface area contributed by atoms with E-state index in [1.54, 1.807) is 12.1 Å². The van der Waals surface area contributed by atoms with Crippen LogP contribution in [0.3, 0.4) is 0 Å². The maximum atomic E-state index is 12.0. The lowest BCUT2D eigenvalue weighted by Gasteiger charge is -2.21. The molecular formula is C19H29N3O6. The van der Waals surface area contributed by atoms with Gasteiger partial charge >= 0.3 is 0 Å². The number of fused-ring (bicyclic) bond motifs is 1. The number of likely N-dealkylation sites (N-methyl/N-ethyl adjacent to an activating group) is 1. The van der Waals surface area contributed by atoms with Crippen LogP contribution in [0.2, 0.25) is 0 Å². The largest absolute Gasteiger partial charge is 0.378 e. The second-order valence-electron chi connectivity index (χ2n) is 6.14. The number of nitrogens with two attached hydrogens (primary N) is 1. The quantitative estimate of drug-likeness (QED) is 0.316. The van der Waals surface area contributed by atoms with Crippen LogP contribution in [0.15, 0.2) is 18.2 Å². The highest BCUT2D eigenvalue weighted by atomic mass is 16.6. The number of carbonyl (C=O) groups excluding carboxylic acids is 2. The molecule has 0 spiro atoms. The molecule has 0 saturated carbocycles. The Hall–Kier alpha value is -2.04. The average Bonchev–Trinajstić information content (AvgIpc) is 2.99. The van der Waals surface area contributed by atoms with E-state index in [0.717, 1.165) is 0 Å². The van der Waals surface area contributed by atoms with Gasteiger partial charge in [-0.3, -0.25) is 14.9 Å². The van der Waals surface area contributed by atoms with Crippen molar-refractivity contribution < 1.29 is 28.5 Å². The van der Waals surface area contributed by atoms with Crippen molar-refractivity contribution in [3.05, 3.63) is 29.3 Å². The SMILES string of the molecule is CN(CCOCCOCCOCCOCCN)c1cccc2c1C(=O)NC2=O. The number of ether oxygens (including phenoxy) is 4. The van der Waals surface area contributed by atoms with Crippen molar-refractivity contribution in [3.63, 3.8) is 0 Å². The monoisotopic (exact) mass is 395 g/mol. The molecule has 0 fully saturated rings. The van der Waals surface area contributed by atoms with E-state index < -0.39 is 0 Å². The average molecular weight is 395 g/mol. The molecule has 1 aliphatic heterocycles. The molecule has 0 aromatic heterocycles. The van der Waals surface area contributed by atoms with Gasteiger partial charge < -0.3 is 29.6 Å². The molecule has 1 heterocycles. The van der Waals surface area contributed by atoms with E-state index in [2.05, 4.69) is 5.32 Å². The first-order valence-corrected chi connectivity index (χ1v) is 9.36. The van der Waals surface area contributed by atoms with Gasteiger partial charge in [0.1, 0.15) is 0 Å². The number of nitrogens with one attached hydrogen (secondary N) is 1. The van der Waals surface area contributed by atoms with E-state index in [1.807, 2.05) is 18.0 Å². The number of hydrogen-bond donors (Lipinski definition) is 2. The van der Waals surface area contributed by atoms with Gasteiger partial charge in [-0.05, 0) is 12.1 Å². The number of hydrogen-bond acceptors (Lipinski definition) is 8. The van der Waals surface area contributed by atoms with Crippen molar-refractivity contribution in [2.24, 2.45) is 5.73 Å². The van der Waals surface area contributed by atoms with Crippen LogP contribution in [0.4, 0.5) is 5.69 Å². The van der Waals surface area contributed by atoms with Crippen molar-refractivity contribution in [2.75, 3.05) is 77.9 Å². The Labute approximate surface area is 165 Å². The van der Waals surface area contributed by atoms with Crippen molar-refractivity contribution in [3.8, 4) is 0 Å². The molecule has 0 radical (unpaired) electrons. The number of anilines is 1. The van der Waals surface area contributed by atoms with Crippen LogP contribution in [-0.4, -0.2) is 84.8 Å². The highest BCUT2D eigenvalue weighted by Gasteiger charge is 2.30. The summed E-state index contributed by atoms with van der Waals surface area (Å²) in [6, 6.07) is 5.24. The Bertz CT molecular complexity index is 640. The summed E-state index contributed by atoms with van der Waals surface area (Å²) in [5, 5.41) is 2.32. The minimum Gasteiger partial charge on any atom is -0.378 e. The van der Waals surface area contributed by atoms with E-state index in [-0.39, 0.29) is 11.8 Å². The van der Waals surface area contributed by atoms with Crippen LogP contribution in [0, 0.1) is 0 Å². The second-order valence-corrected chi connectivity index (χ2v) is 6.14. The zero-order chi connectivity index (χ0) is 20.2. The molecule has 1 aliphatic rings. The number of carbonyl (C=O) groups is 2. The number of imide groups is 1. The van der Waals surface area contributed by atoms with Gasteiger partial charge in [0.05, 0.1) is 69.7 Å². The number of rotatable bonds is 15. The summed E-state index contributed by atoms with van der Waals surface area (Å²) < 4.78 is 21.5. The normalized spacial score (nSPS) is 12.9. The first-order valence-electron chi connectivity index (χ1n) is 9.36. The van der Waals surface area contributed by atoms with Gasteiger partial charge in [0.2, 0.25) is 0 Å². The summed E-state index contributed by atoms with van der Waals surface area (Å²) >= 11 is 0. The van der Waals surface area contributed by atoms with Crippen LogP contribution in [0.25, 0.3) is 0 Å². The summed E-state index contributed by atoms with van der Waals surface area (Å²) in [6.45, 7) is 5.15. The van der Waals surface area contributed by atoms with Gasteiger partial charge in [-0.1, -0.05) is 6.07 Å². The maximum Gasteiger partial charge on any atom is 0.261 e. The molecule has 0 atom stereocenters. The van der Waals surface area contributed by atoms with Crippen LogP contribution in [0.1, 0.15) is 20.7 Å². The molecule has 9 heteroatoms. The first-order chi connectivity index (χ1) is 13.6. The number of nitrogens with zero attached hydrogens (tertiary/aromatic N) is 1. The van der Waals surface area contributed by atoms with Gasteiger partial charge in [-0.25, -0.2) is 0 Å². The molecule has 1 aromatic carbocycles. The fourth-order valence-corrected chi connectivity index (χ4v) is 2.69. The Kier molecular flexibility index (Phi) is 9.87. The third-order valence-electron chi connectivity index (χ3n) is 4.10. The Morgan fingerprint density at radius 3 is 2.04 bits per heavy atom. The van der Waals surface area contributed by atoms with E-state index in [0.29, 0.717) is 82.8 Å². The zero-order valence-electron chi connectivity index (χ0n) is 16.3. The lowest BCUT2D eigenvalue weighted by molar-refractivity contribution is -0.000205. The van der Waals surface area contributed by atoms with Crippen LogP contribution in [-0.2, 0) is 18.9 Å². The zero-order valence-corrected chi connectivity index (χ0v) is 16.3. The van der Waals surface area contributed by atoms with Crippen LogP contribution >= 0.6 is 0 Å². The predicted octanol–water partition coefficient (Wildman–Crippen LogP) is 0.0315. The fraction of sp³-hybridized carbons (Fsp3) is 0.579. The molecule has 1 aromatic rings. The van der Waals surface area contributed by atoms with Gasteiger partial charge in [-0.15, -0.1) is 0 Å². The molecule has 2 rings (SSSR count). The maximum absolute atomic E-state index is 12.0. The minimum absolute atomic E-state index is 0.351. The topological polar surface area (TPSA) is 112 Å². The molecule has 0 bridgehead atoms. The summed E-state index contributed by atoms with van der Waals surface area (Å²) in [7, 11) is 1.86. The highest BCUT2D eigenvalue weighted by Crippen LogP contribution is 2.26. The molecule has 156 valence electrons. The molecule has 0 aliphatic carbocycles. The number of benzene rings is 1. The Morgan fingerprint density at radius 2 is 1.43 bits per heavy atom. The van der Waals surface area contributed by atoms with Crippen molar-refractivity contribution in [2.45, 2.75) is 0 Å². The lowest BCUT2D eigenvalue weighted by Crippen LogP contribution is -2.26. The third kappa shape index (κ3) is 6.84. The van der Waals surface area contributed by atoms with E-state index in [1.165, 1.54) is 0 Å².